The predicted octanol–water partition coefficient (Wildman–Crippen LogP) is 3.35. The van der Waals surface area contributed by atoms with Gasteiger partial charge >= 0.3 is 0 Å². The number of benzene rings is 1. The van der Waals surface area contributed by atoms with Crippen molar-refractivity contribution < 1.29 is 4.79 Å². The predicted molar refractivity (Wildman–Crippen MR) is 94.2 cm³/mol. The minimum Gasteiger partial charge on any atom is -0.338 e. The first-order valence-corrected chi connectivity index (χ1v) is 8.92. The third-order valence-corrected chi connectivity index (χ3v) is 5.56. The molecule has 1 aromatic carbocycles. The van der Waals surface area contributed by atoms with Crippen LogP contribution in [0.4, 0.5) is 0 Å². The van der Waals surface area contributed by atoms with Gasteiger partial charge in [-0.05, 0) is 24.1 Å². The molecule has 120 valence electrons. The number of thioether (sulfide) groups is 1. The van der Waals surface area contributed by atoms with Crippen LogP contribution in [0.3, 0.4) is 0 Å². The molecule has 1 saturated heterocycles. The molecule has 1 aliphatic heterocycles. The van der Waals surface area contributed by atoms with E-state index in [4.69, 9.17) is 11.6 Å². The summed E-state index contributed by atoms with van der Waals surface area (Å²) in [5, 5.41) is 1.07. The van der Waals surface area contributed by atoms with Crippen molar-refractivity contribution in [2.24, 2.45) is 0 Å². The first kappa shape index (κ1) is 16.1. The Hall–Kier alpha value is -1.72. The van der Waals surface area contributed by atoms with E-state index in [1.807, 2.05) is 40.9 Å². The molecule has 0 radical (unpaired) electrons. The lowest BCUT2D eigenvalue weighted by Crippen LogP contribution is -2.33. The Kier molecular flexibility index (Phi) is 5.08. The molecule has 1 amide bonds. The number of hydrogen-bond donors (Lipinski definition) is 1. The highest BCUT2D eigenvalue weighted by Crippen LogP contribution is 2.37. The number of pyridine rings is 1. The van der Waals surface area contributed by atoms with E-state index in [0.717, 1.165) is 22.8 Å². The van der Waals surface area contributed by atoms with Gasteiger partial charge in [0.05, 0.1) is 0 Å². The molecule has 1 unspecified atom stereocenters. The van der Waals surface area contributed by atoms with Crippen LogP contribution in [-0.2, 0) is 0 Å². The standard InChI is InChI=1S/C17H17ClN2O2S/c18-14-4-2-1-3-13(14)15-6-8-20(9-10-23-15)17(22)12-5-7-19-16(21)11-12/h1-5,7,11,15H,6,8-10H2,(H,19,21). The van der Waals surface area contributed by atoms with Gasteiger partial charge in [0.2, 0.25) is 5.56 Å². The summed E-state index contributed by atoms with van der Waals surface area (Å²) in [6.07, 6.45) is 2.36. The molecule has 3 rings (SSSR count). The minimum absolute atomic E-state index is 0.0866. The first-order chi connectivity index (χ1) is 11.1. The van der Waals surface area contributed by atoms with Crippen molar-refractivity contribution in [3.8, 4) is 0 Å². The summed E-state index contributed by atoms with van der Waals surface area (Å²) >= 11 is 8.12. The number of H-pyrrole nitrogens is 1. The zero-order valence-corrected chi connectivity index (χ0v) is 14.1. The molecule has 23 heavy (non-hydrogen) atoms. The lowest BCUT2D eigenvalue weighted by molar-refractivity contribution is 0.0766. The smallest absolute Gasteiger partial charge is 0.254 e. The third-order valence-electron chi connectivity index (χ3n) is 3.90. The van der Waals surface area contributed by atoms with E-state index in [9.17, 15) is 9.59 Å². The second kappa shape index (κ2) is 7.23. The van der Waals surface area contributed by atoms with Crippen molar-refractivity contribution in [2.75, 3.05) is 18.8 Å². The van der Waals surface area contributed by atoms with E-state index < -0.39 is 0 Å². The molecule has 0 spiro atoms. The monoisotopic (exact) mass is 348 g/mol. The lowest BCUT2D eigenvalue weighted by atomic mass is 10.1. The van der Waals surface area contributed by atoms with Crippen molar-refractivity contribution in [3.63, 3.8) is 0 Å². The quantitative estimate of drug-likeness (QED) is 0.905. The Labute approximate surface area is 143 Å². The van der Waals surface area contributed by atoms with Gasteiger partial charge in [0.1, 0.15) is 0 Å². The van der Waals surface area contributed by atoms with Gasteiger partial charge in [-0.25, -0.2) is 0 Å². The zero-order valence-electron chi connectivity index (χ0n) is 12.5. The summed E-state index contributed by atoms with van der Waals surface area (Å²) in [4.78, 5) is 28.3. The van der Waals surface area contributed by atoms with E-state index in [0.29, 0.717) is 23.9 Å². The van der Waals surface area contributed by atoms with E-state index in [-0.39, 0.29) is 11.5 Å². The van der Waals surface area contributed by atoms with Crippen LogP contribution < -0.4 is 5.56 Å². The van der Waals surface area contributed by atoms with Crippen LogP contribution in [0.1, 0.15) is 27.6 Å². The normalized spacial score (nSPS) is 18.5. The Morgan fingerprint density at radius 3 is 2.87 bits per heavy atom. The average Bonchev–Trinajstić information content (AvgIpc) is 2.80. The number of halogens is 1. The van der Waals surface area contributed by atoms with Gasteiger partial charge < -0.3 is 9.88 Å². The highest BCUT2D eigenvalue weighted by Gasteiger charge is 2.24. The SMILES string of the molecule is O=C(c1cc[nH]c(=O)c1)N1CCSC(c2ccccc2Cl)CC1. The summed E-state index contributed by atoms with van der Waals surface area (Å²) < 4.78 is 0. The number of hydrogen-bond acceptors (Lipinski definition) is 3. The van der Waals surface area contributed by atoms with Gasteiger partial charge in [-0.2, -0.15) is 11.8 Å². The molecule has 1 N–H and O–H groups in total. The maximum atomic E-state index is 12.6. The van der Waals surface area contributed by atoms with Gasteiger partial charge in [-0.1, -0.05) is 29.8 Å². The van der Waals surface area contributed by atoms with Crippen LogP contribution in [0.15, 0.2) is 47.4 Å². The van der Waals surface area contributed by atoms with E-state index >= 15 is 0 Å². The summed E-state index contributed by atoms with van der Waals surface area (Å²) in [6, 6.07) is 10.9. The van der Waals surface area contributed by atoms with Crippen molar-refractivity contribution >= 4 is 29.3 Å². The van der Waals surface area contributed by atoms with Gasteiger partial charge in [0.25, 0.3) is 5.91 Å². The number of rotatable bonds is 2. The van der Waals surface area contributed by atoms with Crippen LogP contribution in [0.2, 0.25) is 5.02 Å². The Bertz CT molecular complexity index is 762. The Morgan fingerprint density at radius 2 is 2.09 bits per heavy atom. The number of amides is 1. The number of carbonyl (C=O) groups is 1. The second-order valence-electron chi connectivity index (χ2n) is 5.40. The molecular weight excluding hydrogens is 332 g/mol. The summed E-state index contributed by atoms with van der Waals surface area (Å²) in [6.45, 7) is 1.34. The fourth-order valence-electron chi connectivity index (χ4n) is 2.72. The largest absolute Gasteiger partial charge is 0.338 e. The zero-order chi connectivity index (χ0) is 16.2. The molecule has 1 fully saturated rings. The first-order valence-electron chi connectivity index (χ1n) is 7.49. The van der Waals surface area contributed by atoms with Crippen LogP contribution in [0.25, 0.3) is 0 Å². The number of nitrogens with zero attached hydrogens (tertiary/aromatic N) is 1. The molecule has 2 heterocycles. The van der Waals surface area contributed by atoms with Gasteiger partial charge in [0.15, 0.2) is 0 Å². The number of carbonyl (C=O) groups excluding carboxylic acids is 1. The maximum Gasteiger partial charge on any atom is 0.254 e. The minimum atomic E-state index is -0.256. The molecule has 0 aliphatic carbocycles. The third kappa shape index (κ3) is 3.79. The fraction of sp³-hybridized carbons (Fsp3) is 0.294. The van der Waals surface area contributed by atoms with Gasteiger partial charge in [-0.3, -0.25) is 9.59 Å². The van der Waals surface area contributed by atoms with Crippen molar-refractivity contribution in [1.82, 2.24) is 9.88 Å². The van der Waals surface area contributed by atoms with Gasteiger partial charge in [0, 0.05) is 46.9 Å². The number of nitrogens with one attached hydrogen (secondary N) is 1. The summed E-state index contributed by atoms with van der Waals surface area (Å²) in [5.41, 5.74) is 1.31. The molecule has 0 bridgehead atoms. The van der Waals surface area contributed by atoms with Crippen LogP contribution in [-0.4, -0.2) is 34.6 Å². The van der Waals surface area contributed by atoms with Crippen LogP contribution in [0, 0.1) is 0 Å². The Morgan fingerprint density at radius 1 is 1.26 bits per heavy atom. The molecule has 1 aromatic heterocycles. The van der Waals surface area contributed by atoms with Crippen LogP contribution >= 0.6 is 23.4 Å². The molecule has 1 atom stereocenters. The molecular formula is C17H17ClN2O2S. The van der Waals surface area contributed by atoms with Crippen molar-refractivity contribution in [2.45, 2.75) is 11.7 Å². The Balaban J connectivity index is 1.72. The molecule has 1 aliphatic rings. The van der Waals surface area contributed by atoms with E-state index in [1.165, 1.54) is 12.3 Å². The second-order valence-corrected chi connectivity index (χ2v) is 7.12. The molecule has 4 nitrogen and oxygen atoms in total. The van der Waals surface area contributed by atoms with Gasteiger partial charge in [-0.15, -0.1) is 0 Å². The fourth-order valence-corrected chi connectivity index (χ4v) is 4.32. The van der Waals surface area contributed by atoms with Crippen molar-refractivity contribution in [3.05, 3.63) is 69.1 Å². The average molecular weight is 349 g/mol. The number of aromatic nitrogens is 1. The molecule has 6 heteroatoms. The lowest BCUT2D eigenvalue weighted by Gasteiger charge is -2.20. The topological polar surface area (TPSA) is 53.2 Å². The van der Waals surface area contributed by atoms with Crippen LogP contribution in [0.5, 0.6) is 0 Å². The maximum absolute atomic E-state index is 12.6. The molecule has 0 saturated carbocycles. The molecule has 2 aromatic rings. The van der Waals surface area contributed by atoms with Crippen molar-refractivity contribution in [1.29, 1.82) is 0 Å². The highest BCUT2D eigenvalue weighted by molar-refractivity contribution is 7.99. The van der Waals surface area contributed by atoms with E-state index in [2.05, 4.69) is 4.98 Å². The van der Waals surface area contributed by atoms with E-state index in [1.54, 1.807) is 6.07 Å². The number of aromatic amines is 1. The summed E-state index contributed by atoms with van der Waals surface area (Å²) in [5.74, 6) is 0.765. The summed E-state index contributed by atoms with van der Waals surface area (Å²) in [7, 11) is 0. The highest BCUT2D eigenvalue weighted by atomic mass is 35.5.